The standard InChI is InChI=1S/C22H23F2N3O4/c1-11(2)27-16(8-12-4-5-13(23)9-15(12)24)22(6-3-7-22)26-10-14(20(25)30)18(28)19(29)17(26)21(27)31/h4-5,9-11,16,29H,3,6-8H2,1-2H3,(H2,25,30). The summed E-state index contributed by atoms with van der Waals surface area (Å²) < 4.78 is 29.4. The summed E-state index contributed by atoms with van der Waals surface area (Å²) in [6, 6.07) is 2.46. The maximum absolute atomic E-state index is 14.5. The largest absolute Gasteiger partial charge is 0.503 e. The number of carbonyl (C=O) groups excluding carboxylic acids is 2. The smallest absolute Gasteiger partial charge is 0.275 e. The molecule has 1 aliphatic heterocycles. The van der Waals surface area contributed by atoms with Crippen molar-refractivity contribution in [2.45, 2.75) is 57.2 Å². The van der Waals surface area contributed by atoms with Gasteiger partial charge in [-0.3, -0.25) is 14.4 Å². The summed E-state index contributed by atoms with van der Waals surface area (Å²) in [5.74, 6) is -3.82. The molecule has 7 nitrogen and oxygen atoms in total. The summed E-state index contributed by atoms with van der Waals surface area (Å²) in [6.45, 7) is 3.59. The van der Waals surface area contributed by atoms with E-state index in [4.69, 9.17) is 5.73 Å². The van der Waals surface area contributed by atoms with E-state index in [1.54, 1.807) is 18.7 Å². The van der Waals surface area contributed by atoms with Crippen molar-refractivity contribution >= 4 is 11.8 Å². The number of carbonyl (C=O) groups is 2. The minimum Gasteiger partial charge on any atom is -0.503 e. The molecule has 0 bridgehead atoms. The van der Waals surface area contributed by atoms with E-state index in [0.29, 0.717) is 12.8 Å². The molecule has 2 aliphatic rings. The van der Waals surface area contributed by atoms with Gasteiger partial charge in [0.1, 0.15) is 17.2 Å². The van der Waals surface area contributed by atoms with Gasteiger partial charge in [0.15, 0.2) is 11.4 Å². The van der Waals surface area contributed by atoms with E-state index in [-0.39, 0.29) is 23.7 Å². The molecule has 1 saturated carbocycles. The van der Waals surface area contributed by atoms with Gasteiger partial charge in [-0.05, 0) is 51.2 Å². The van der Waals surface area contributed by atoms with E-state index >= 15 is 0 Å². The van der Waals surface area contributed by atoms with Crippen molar-refractivity contribution in [1.29, 1.82) is 0 Å². The number of aromatic hydroxyl groups is 1. The first kappa shape index (κ1) is 21.0. The van der Waals surface area contributed by atoms with Gasteiger partial charge in [0.25, 0.3) is 11.8 Å². The van der Waals surface area contributed by atoms with Gasteiger partial charge in [0.05, 0.1) is 11.6 Å². The van der Waals surface area contributed by atoms with Crippen LogP contribution in [0.25, 0.3) is 0 Å². The summed E-state index contributed by atoms with van der Waals surface area (Å²) in [5, 5.41) is 10.6. The first-order valence-corrected chi connectivity index (χ1v) is 10.1. The molecule has 4 rings (SSSR count). The lowest BCUT2D eigenvalue weighted by molar-refractivity contribution is -0.0208. The van der Waals surface area contributed by atoms with Crippen LogP contribution in [0.2, 0.25) is 0 Å². The number of benzene rings is 1. The summed E-state index contributed by atoms with van der Waals surface area (Å²) >= 11 is 0. The molecule has 2 heterocycles. The molecular weight excluding hydrogens is 408 g/mol. The predicted molar refractivity (Wildman–Crippen MR) is 108 cm³/mol. The molecule has 1 unspecified atom stereocenters. The Labute approximate surface area is 177 Å². The first-order chi connectivity index (χ1) is 14.6. The Kier molecular flexibility index (Phi) is 4.87. The van der Waals surface area contributed by atoms with Crippen molar-refractivity contribution in [3.05, 3.63) is 63.1 Å². The molecule has 1 aromatic heterocycles. The molecule has 2 amide bonds. The highest BCUT2D eigenvalue weighted by Crippen LogP contribution is 2.50. The minimum atomic E-state index is -1.01. The van der Waals surface area contributed by atoms with Crippen LogP contribution >= 0.6 is 0 Å². The number of halogens is 2. The topological polar surface area (TPSA) is 106 Å². The maximum Gasteiger partial charge on any atom is 0.275 e. The highest BCUT2D eigenvalue weighted by atomic mass is 19.1. The average molecular weight is 431 g/mol. The van der Waals surface area contributed by atoms with Gasteiger partial charge >= 0.3 is 0 Å². The molecule has 1 spiro atoms. The van der Waals surface area contributed by atoms with Crippen molar-refractivity contribution in [2.75, 3.05) is 0 Å². The van der Waals surface area contributed by atoms with Crippen molar-refractivity contribution in [3.8, 4) is 5.75 Å². The molecule has 1 aromatic carbocycles. The van der Waals surface area contributed by atoms with Crippen LogP contribution in [0, 0.1) is 11.6 Å². The van der Waals surface area contributed by atoms with Crippen LogP contribution in [0.15, 0.2) is 29.2 Å². The predicted octanol–water partition coefficient (Wildman–Crippen LogP) is 2.29. The lowest BCUT2D eigenvalue weighted by atomic mass is 9.67. The third-order valence-electron chi connectivity index (χ3n) is 6.53. The van der Waals surface area contributed by atoms with Gasteiger partial charge in [-0.1, -0.05) is 6.07 Å². The number of rotatable bonds is 4. The number of pyridine rings is 1. The molecule has 1 atom stereocenters. The molecule has 1 fully saturated rings. The van der Waals surface area contributed by atoms with Gasteiger partial charge < -0.3 is 20.3 Å². The average Bonchev–Trinajstić information content (AvgIpc) is 2.64. The van der Waals surface area contributed by atoms with E-state index in [1.807, 2.05) is 0 Å². The molecule has 164 valence electrons. The fraction of sp³-hybridized carbons (Fsp3) is 0.409. The summed E-state index contributed by atoms with van der Waals surface area (Å²) in [5.41, 5.74) is 3.21. The van der Waals surface area contributed by atoms with Gasteiger partial charge in [-0.25, -0.2) is 8.78 Å². The summed E-state index contributed by atoms with van der Waals surface area (Å²) in [7, 11) is 0. The minimum absolute atomic E-state index is 0.105. The Morgan fingerprint density at radius 3 is 2.48 bits per heavy atom. The van der Waals surface area contributed by atoms with E-state index in [2.05, 4.69) is 0 Å². The number of nitrogens with two attached hydrogens (primary N) is 1. The molecule has 31 heavy (non-hydrogen) atoms. The van der Waals surface area contributed by atoms with E-state index in [0.717, 1.165) is 18.6 Å². The van der Waals surface area contributed by atoms with Crippen LogP contribution in [0.5, 0.6) is 5.75 Å². The third kappa shape index (κ3) is 3.02. The van der Waals surface area contributed by atoms with Crippen molar-refractivity contribution < 1.29 is 23.5 Å². The zero-order valence-corrected chi connectivity index (χ0v) is 17.2. The van der Waals surface area contributed by atoms with Crippen LogP contribution in [-0.2, 0) is 12.0 Å². The number of fused-ring (bicyclic) bond motifs is 2. The fourth-order valence-corrected chi connectivity index (χ4v) is 4.91. The fourth-order valence-electron chi connectivity index (χ4n) is 4.91. The van der Waals surface area contributed by atoms with Crippen molar-refractivity contribution in [3.63, 3.8) is 0 Å². The second-order valence-corrected chi connectivity index (χ2v) is 8.52. The van der Waals surface area contributed by atoms with Crippen molar-refractivity contribution in [1.82, 2.24) is 9.47 Å². The van der Waals surface area contributed by atoms with Crippen LogP contribution in [0.4, 0.5) is 8.78 Å². The van der Waals surface area contributed by atoms with Gasteiger partial charge in [0, 0.05) is 18.3 Å². The molecule has 1 aliphatic carbocycles. The monoisotopic (exact) mass is 431 g/mol. The lowest BCUT2D eigenvalue weighted by Gasteiger charge is -2.57. The molecular formula is C22H23F2N3O4. The normalized spacial score (nSPS) is 19.5. The second-order valence-electron chi connectivity index (χ2n) is 8.52. The Morgan fingerprint density at radius 1 is 1.29 bits per heavy atom. The SMILES string of the molecule is CC(C)N1C(=O)c2c(O)c(=O)c(C(N)=O)cn2C2(CCC2)C1Cc1ccc(F)cc1F. The maximum atomic E-state index is 14.5. The molecule has 2 aromatic rings. The van der Waals surface area contributed by atoms with E-state index < -0.39 is 51.8 Å². The van der Waals surface area contributed by atoms with E-state index in [9.17, 15) is 28.3 Å². The van der Waals surface area contributed by atoms with Gasteiger partial charge in [-0.15, -0.1) is 0 Å². The number of nitrogens with zero attached hydrogens (tertiary/aromatic N) is 2. The third-order valence-corrected chi connectivity index (χ3v) is 6.53. The molecule has 9 heteroatoms. The zero-order chi connectivity index (χ0) is 22.7. The summed E-state index contributed by atoms with van der Waals surface area (Å²) in [6.07, 6.45) is 3.33. The number of hydrogen-bond acceptors (Lipinski definition) is 4. The Hall–Kier alpha value is -3.23. The summed E-state index contributed by atoms with van der Waals surface area (Å²) in [4.78, 5) is 39.2. The van der Waals surface area contributed by atoms with E-state index in [1.165, 1.54) is 16.8 Å². The van der Waals surface area contributed by atoms with Gasteiger partial charge in [-0.2, -0.15) is 0 Å². The van der Waals surface area contributed by atoms with Crippen molar-refractivity contribution in [2.24, 2.45) is 5.73 Å². The first-order valence-electron chi connectivity index (χ1n) is 10.1. The molecule has 3 N–H and O–H groups in total. The van der Waals surface area contributed by atoms with Crippen LogP contribution < -0.4 is 11.2 Å². The quantitative estimate of drug-likeness (QED) is 0.775. The van der Waals surface area contributed by atoms with Gasteiger partial charge in [0.2, 0.25) is 5.43 Å². The van der Waals surface area contributed by atoms with Crippen LogP contribution in [-0.4, -0.2) is 38.5 Å². The number of amides is 2. The zero-order valence-electron chi connectivity index (χ0n) is 17.2. The number of hydrogen-bond donors (Lipinski definition) is 2. The number of aromatic nitrogens is 1. The Bertz CT molecular complexity index is 1150. The number of primary amides is 1. The second kappa shape index (κ2) is 7.18. The Morgan fingerprint density at radius 2 is 1.97 bits per heavy atom. The highest BCUT2D eigenvalue weighted by molar-refractivity contribution is 5.99. The highest BCUT2D eigenvalue weighted by Gasteiger charge is 2.55. The Balaban J connectivity index is 1.95. The molecule has 0 radical (unpaired) electrons. The van der Waals surface area contributed by atoms with Crippen LogP contribution in [0.1, 0.15) is 59.5 Å². The molecule has 0 saturated heterocycles. The lowest BCUT2D eigenvalue weighted by Crippen LogP contribution is -2.66. The van der Waals surface area contributed by atoms with Crippen LogP contribution in [0.3, 0.4) is 0 Å².